The molecule has 3 atom stereocenters. The van der Waals surface area contributed by atoms with Crippen LogP contribution in [0.4, 0.5) is 0 Å². The average molecular weight is 476 g/mol. The normalized spacial score (nSPS) is 20.3. The summed E-state index contributed by atoms with van der Waals surface area (Å²) in [7, 11) is 0. The number of hydrogen-bond acceptors (Lipinski definition) is 0. The first-order chi connectivity index (χ1) is 13.4. The van der Waals surface area contributed by atoms with Crippen molar-refractivity contribution < 1.29 is 14.1 Å². The molecule has 189 valence electrons. The first-order valence-electron chi connectivity index (χ1n) is 13.1. The first kappa shape index (κ1) is 31.5. The molecule has 0 bridgehead atoms. The zero-order chi connectivity index (χ0) is 25.4. The van der Waals surface area contributed by atoms with Crippen molar-refractivity contribution in [1.82, 2.24) is 0 Å². The molecular weight excluding hydrogens is 412 g/mol. The Balaban J connectivity index is 7.62. The van der Waals surface area contributed by atoms with Crippen LogP contribution in [0.25, 0.3) is 0 Å². The van der Waals surface area contributed by atoms with Crippen LogP contribution in [0, 0.1) is 34.0 Å². The van der Waals surface area contributed by atoms with Gasteiger partial charge in [-0.3, -0.25) is 0 Å². The SMILES string of the molecule is CC(C)C[C](C)([Cr]([C](C)(CC(C)C)C(C)(C)C)[C](C)(CC(C)C)C(C)(C)C)C(C)(C)C. The van der Waals surface area contributed by atoms with E-state index >= 15 is 0 Å². The van der Waals surface area contributed by atoms with Gasteiger partial charge in [-0.05, 0) is 0 Å². The van der Waals surface area contributed by atoms with Gasteiger partial charge in [0.25, 0.3) is 0 Å². The topological polar surface area (TPSA) is 0 Å². The van der Waals surface area contributed by atoms with Gasteiger partial charge in [-0.2, -0.15) is 0 Å². The predicted molar refractivity (Wildman–Crippen MR) is 142 cm³/mol. The average Bonchev–Trinajstić information content (AvgIpc) is 2.40. The number of rotatable bonds is 9. The van der Waals surface area contributed by atoms with E-state index in [1.165, 1.54) is 19.3 Å². The van der Waals surface area contributed by atoms with Gasteiger partial charge in [0, 0.05) is 0 Å². The third-order valence-corrected chi connectivity index (χ3v) is 16.4. The minimum atomic E-state index is -1.26. The monoisotopic (exact) mass is 475 g/mol. The van der Waals surface area contributed by atoms with Crippen LogP contribution in [0.2, 0.25) is 12.8 Å². The maximum absolute atomic E-state index is 2.73. The van der Waals surface area contributed by atoms with Gasteiger partial charge < -0.3 is 0 Å². The Morgan fingerprint density at radius 1 is 0.387 bits per heavy atom. The summed E-state index contributed by atoms with van der Waals surface area (Å²) in [6.07, 6.45) is 4.03. The molecule has 0 N–H and O–H groups in total. The van der Waals surface area contributed by atoms with E-state index in [0.717, 1.165) is 17.8 Å². The summed E-state index contributed by atoms with van der Waals surface area (Å²) in [5, 5.41) is 0. The summed E-state index contributed by atoms with van der Waals surface area (Å²) in [5.41, 5.74) is 0.860. The Morgan fingerprint density at radius 2 is 0.548 bits per heavy atom. The fourth-order valence-electron chi connectivity index (χ4n) is 5.92. The van der Waals surface area contributed by atoms with E-state index < -0.39 is 14.1 Å². The minimum absolute atomic E-state index is 0.287. The van der Waals surface area contributed by atoms with Crippen LogP contribution in [-0.2, 0) is 14.1 Å². The molecule has 31 heavy (non-hydrogen) atoms. The molecule has 0 aliphatic carbocycles. The van der Waals surface area contributed by atoms with Crippen LogP contribution in [-0.4, -0.2) is 0 Å². The van der Waals surface area contributed by atoms with Crippen molar-refractivity contribution in [3.05, 3.63) is 0 Å². The van der Waals surface area contributed by atoms with Crippen LogP contribution in [0.5, 0.6) is 0 Å². The Hall–Kier alpha value is 0.532. The first-order valence-corrected chi connectivity index (χ1v) is 15.0. The summed E-state index contributed by atoms with van der Waals surface area (Å²) >= 11 is -1.26. The molecule has 0 amide bonds. The van der Waals surface area contributed by atoms with Gasteiger partial charge in [0.05, 0.1) is 0 Å². The molecule has 0 rings (SSSR count). The van der Waals surface area contributed by atoms with Crippen molar-refractivity contribution in [2.24, 2.45) is 34.0 Å². The molecule has 0 aliphatic heterocycles. The van der Waals surface area contributed by atoms with Gasteiger partial charge in [-0.25, -0.2) is 0 Å². The van der Waals surface area contributed by atoms with Crippen LogP contribution < -0.4 is 0 Å². The van der Waals surface area contributed by atoms with Crippen molar-refractivity contribution in [3.63, 3.8) is 0 Å². The van der Waals surface area contributed by atoms with Crippen molar-refractivity contribution in [2.75, 3.05) is 0 Å². The Labute approximate surface area is 204 Å². The zero-order valence-electron chi connectivity index (χ0n) is 25.3. The van der Waals surface area contributed by atoms with Gasteiger partial charge >= 0.3 is 205 Å². The van der Waals surface area contributed by atoms with Gasteiger partial charge in [0.15, 0.2) is 0 Å². The molecule has 0 aromatic rings. The molecule has 0 radical (unpaired) electrons. The second-order valence-electron chi connectivity index (χ2n) is 15.5. The van der Waals surface area contributed by atoms with E-state index in [2.05, 4.69) is 125 Å². The van der Waals surface area contributed by atoms with Crippen molar-refractivity contribution >= 4 is 0 Å². The molecule has 0 aliphatic rings. The summed E-state index contributed by atoms with van der Waals surface area (Å²) in [6.45, 7) is 46.0. The molecule has 0 aromatic carbocycles. The fourth-order valence-corrected chi connectivity index (χ4v) is 15.8. The van der Waals surface area contributed by atoms with E-state index in [4.69, 9.17) is 0 Å². The third-order valence-electron chi connectivity index (χ3n) is 8.50. The fraction of sp³-hybridized carbons (Fsp3) is 1.00. The Kier molecular flexibility index (Phi) is 10.2. The maximum atomic E-state index is 2.73. The molecule has 0 aromatic heterocycles. The van der Waals surface area contributed by atoms with E-state index in [1.807, 2.05) is 0 Å². The summed E-state index contributed by atoms with van der Waals surface area (Å²) in [4.78, 5) is 0. The van der Waals surface area contributed by atoms with Crippen LogP contribution >= 0.6 is 0 Å². The molecule has 3 unspecified atom stereocenters. The van der Waals surface area contributed by atoms with Crippen LogP contribution in [0.1, 0.15) is 144 Å². The second kappa shape index (κ2) is 10.0. The molecule has 0 heterocycles. The quantitative estimate of drug-likeness (QED) is 0.311. The van der Waals surface area contributed by atoms with E-state index in [9.17, 15) is 0 Å². The molecule has 0 spiro atoms. The zero-order valence-corrected chi connectivity index (χ0v) is 26.5. The molecule has 1 heteroatoms. The van der Waals surface area contributed by atoms with Crippen LogP contribution in [0.3, 0.4) is 0 Å². The molecule has 0 saturated heterocycles. The molecular formula is C30H63Cr. The van der Waals surface area contributed by atoms with Gasteiger partial charge in [-0.15, -0.1) is 0 Å². The van der Waals surface area contributed by atoms with E-state index in [-0.39, 0.29) is 16.2 Å². The van der Waals surface area contributed by atoms with Gasteiger partial charge in [0.1, 0.15) is 0 Å². The van der Waals surface area contributed by atoms with Crippen molar-refractivity contribution in [1.29, 1.82) is 0 Å². The van der Waals surface area contributed by atoms with E-state index in [1.54, 1.807) is 0 Å². The van der Waals surface area contributed by atoms with E-state index in [0.29, 0.717) is 12.8 Å². The summed E-state index contributed by atoms with van der Waals surface area (Å²) < 4.78 is 1.07. The van der Waals surface area contributed by atoms with Gasteiger partial charge in [0.2, 0.25) is 0 Å². The Morgan fingerprint density at radius 3 is 0.645 bits per heavy atom. The standard InChI is InChI=1S/3C10H21.Cr/c3*1-8(2)7-9(3)10(4,5)6;/h3*8H,7H2,1-6H3;. The molecule has 0 nitrogen and oxygen atoms in total. The molecule has 0 saturated carbocycles. The third kappa shape index (κ3) is 6.78. The van der Waals surface area contributed by atoms with Crippen molar-refractivity contribution in [2.45, 2.75) is 157 Å². The second-order valence-corrected chi connectivity index (χ2v) is 20.7. The van der Waals surface area contributed by atoms with Gasteiger partial charge in [-0.1, -0.05) is 0 Å². The Bertz CT molecular complexity index is 470. The predicted octanol–water partition coefficient (Wildman–Crippen LogP) is 11.4. The summed E-state index contributed by atoms with van der Waals surface area (Å²) in [6, 6.07) is 0. The number of hydrogen-bond donors (Lipinski definition) is 0. The molecule has 0 fully saturated rings. The van der Waals surface area contributed by atoms with Crippen LogP contribution in [0.15, 0.2) is 0 Å². The summed E-state index contributed by atoms with van der Waals surface area (Å²) in [5.74, 6) is 2.17. The van der Waals surface area contributed by atoms with Crippen molar-refractivity contribution in [3.8, 4) is 0 Å².